The van der Waals surface area contributed by atoms with Gasteiger partial charge in [0.1, 0.15) is 0 Å². The molecule has 6 nitrogen and oxygen atoms in total. The van der Waals surface area contributed by atoms with Crippen LogP contribution in [-0.4, -0.2) is 32.6 Å². The number of aromatic nitrogens is 3. The fourth-order valence-corrected chi connectivity index (χ4v) is 3.78. The smallest absolute Gasteiger partial charge is 0.250 e. The zero-order valence-electron chi connectivity index (χ0n) is 17.0. The van der Waals surface area contributed by atoms with E-state index in [-0.39, 0.29) is 11.7 Å². The Morgan fingerprint density at radius 1 is 1.00 bits per heavy atom. The summed E-state index contributed by atoms with van der Waals surface area (Å²) in [6.45, 7) is 2.01. The molecule has 0 fully saturated rings. The summed E-state index contributed by atoms with van der Waals surface area (Å²) in [5.41, 5.74) is 6.54. The average molecular weight is 428 g/mol. The summed E-state index contributed by atoms with van der Waals surface area (Å²) >= 11 is 1.32. The third-order valence-electron chi connectivity index (χ3n) is 4.46. The van der Waals surface area contributed by atoms with Crippen molar-refractivity contribution < 1.29 is 4.79 Å². The van der Waals surface area contributed by atoms with E-state index in [0.717, 1.165) is 28.2 Å². The Hall–Kier alpha value is -3.71. The molecule has 1 heterocycles. The fourth-order valence-electron chi connectivity index (χ4n) is 3.04. The number of thioether (sulfide) groups is 1. The van der Waals surface area contributed by atoms with Crippen molar-refractivity contribution >= 4 is 23.9 Å². The Kier molecular flexibility index (Phi) is 6.54. The Bertz CT molecular complexity index is 1190. The van der Waals surface area contributed by atoms with E-state index in [1.165, 1.54) is 11.8 Å². The molecule has 0 aliphatic heterocycles. The molecular formula is C24H21N5OS. The van der Waals surface area contributed by atoms with E-state index in [1.807, 2.05) is 96.4 Å². The minimum absolute atomic E-state index is 0.172. The van der Waals surface area contributed by atoms with Gasteiger partial charge in [0.2, 0.25) is 0 Å². The van der Waals surface area contributed by atoms with Crippen molar-refractivity contribution in [2.75, 3.05) is 5.75 Å². The molecule has 0 radical (unpaired) electrons. The molecule has 1 amide bonds. The summed E-state index contributed by atoms with van der Waals surface area (Å²) in [6.07, 6.45) is 1.63. The molecule has 0 aliphatic rings. The van der Waals surface area contributed by atoms with Gasteiger partial charge >= 0.3 is 0 Å². The van der Waals surface area contributed by atoms with E-state index >= 15 is 0 Å². The van der Waals surface area contributed by atoms with Crippen molar-refractivity contribution in [1.82, 2.24) is 20.2 Å². The second-order valence-corrected chi connectivity index (χ2v) is 7.78. The van der Waals surface area contributed by atoms with Crippen LogP contribution in [0.1, 0.15) is 11.1 Å². The van der Waals surface area contributed by atoms with E-state index in [4.69, 9.17) is 0 Å². The van der Waals surface area contributed by atoms with Crippen LogP contribution in [0.4, 0.5) is 0 Å². The fraction of sp³-hybridized carbons (Fsp3) is 0.0833. The van der Waals surface area contributed by atoms with Gasteiger partial charge in [-0.05, 0) is 24.6 Å². The largest absolute Gasteiger partial charge is 0.272 e. The van der Waals surface area contributed by atoms with Crippen molar-refractivity contribution in [3.05, 3.63) is 96.1 Å². The summed E-state index contributed by atoms with van der Waals surface area (Å²) < 4.78 is 1.96. The average Bonchev–Trinajstić information content (AvgIpc) is 3.23. The molecule has 0 atom stereocenters. The van der Waals surface area contributed by atoms with Crippen LogP contribution >= 0.6 is 11.8 Å². The highest BCUT2D eigenvalue weighted by molar-refractivity contribution is 7.99. The zero-order chi connectivity index (χ0) is 21.5. The van der Waals surface area contributed by atoms with Gasteiger partial charge in [-0.2, -0.15) is 5.10 Å². The number of amides is 1. The van der Waals surface area contributed by atoms with E-state index in [1.54, 1.807) is 6.21 Å². The van der Waals surface area contributed by atoms with Crippen LogP contribution in [-0.2, 0) is 4.79 Å². The van der Waals surface area contributed by atoms with Crippen LogP contribution in [0.25, 0.3) is 17.1 Å². The van der Waals surface area contributed by atoms with Crippen LogP contribution in [0.5, 0.6) is 0 Å². The topological polar surface area (TPSA) is 72.2 Å². The SMILES string of the molecule is Cc1cccc(C=NNC(=O)CSc2nnc(-c3ccccc3)n2-c2ccccc2)c1. The third kappa shape index (κ3) is 5.26. The lowest BCUT2D eigenvalue weighted by Gasteiger charge is -2.10. The molecule has 154 valence electrons. The molecule has 31 heavy (non-hydrogen) atoms. The van der Waals surface area contributed by atoms with Gasteiger partial charge in [0.25, 0.3) is 5.91 Å². The van der Waals surface area contributed by atoms with Crippen LogP contribution in [0.3, 0.4) is 0 Å². The van der Waals surface area contributed by atoms with Crippen LogP contribution in [0.2, 0.25) is 0 Å². The van der Waals surface area contributed by atoms with Crippen LogP contribution in [0.15, 0.2) is 95.2 Å². The molecule has 4 aromatic rings. The van der Waals surface area contributed by atoms with Gasteiger partial charge in [-0.3, -0.25) is 9.36 Å². The predicted molar refractivity (Wildman–Crippen MR) is 124 cm³/mol. The molecule has 1 aromatic heterocycles. The first-order chi connectivity index (χ1) is 15.2. The Labute approximate surface area is 185 Å². The number of rotatable bonds is 7. The van der Waals surface area contributed by atoms with E-state index < -0.39 is 0 Å². The second kappa shape index (κ2) is 9.86. The first kappa shape index (κ1) is 20.6. The molecule has 3 aromatic carbocycles. The Balaban J connectivity index is 1.48. The normalized spacial score (nSPS) is 11.0. The highest BCUT2D eigenvalue weighted by Crippen LogP contribution is 2.27. The molecule has 0 saturated carbocycles. The number of aryl methyl sites for hydroxylation is 1. The van der Waals surface area contributed by atoms with Gasteiger partial charge in [0.15, 0.2) is 11.0 Å². The van der Waals surface area contributed by atoms with Crippen molar-refractivity contribution in [3.8, 4) is 17.1 Å². The maximum atomic E-state index is 12.3. The third-order valence-corrected chi connectivity index (χ3v) is 5.39. The lowest BCUT2D eigenvalue weighted by atomic mass is 10.2. The molecular weight excluding hydrogens is 406 g/mol. The predicted octanol–water partition coefficient (Wildman–Crippen LogP) is 4.49. The number of benzene rings is 3. The number of nitrogens with zero attached hydrogens (tertiary/aromatic N) is 4. The highest BCUT2D eigenvalue weighted by Gasteiger charge is 2.16. The number of carbonyl (C=O) groups is 1. The molecule has 7 heteroatoms. The minimum Gasteiger partial charge on any atom is -0.272 e. The number of hydrogen-bond donors (Lipinski definition) is 1. The highest BCUT2D eigenvalue weighted by atomic mass is 32.2. The summed E-state index contributed by atoms with van der Waals surface area (Å²) in [6, 6.07) is 27.6. The van der Waals surface area contributed by atoms with Gasteiger partial charge in [-0.25, -0.2) is 5.43 Å². The first-order valence-corrected chi connectivity index (χ1v) is 10.8. The zero-order valence-corrected chi connectivity index (χ0v) is 17.8. The van der Waals surface area contributed by atoms with Gasteiger partial charge < -0.3 is 0 Å². The number of para-hydroxylation sites is 1. The molecule has 1 N–H and O–H groups in total. The van der Waals surface area contributed by atoms with Gasteiger partial charge in [0, 0.05) is 11.3 Å². The van der Waals surface area contributed by atoms with Crippen LogP contribution in [0, 0.1) is 6.92 Å². The summed E-state index contributed by atoms with van der Waals surface area (Å²) in [5.74, 6) is 0.690. The molecule has 0 aliphatic carbocycles. The number of nitrogens with one attached hydrogen (secondary N) is 1. The lowest BCUT2D eigenvalue weighted by molar-refractivity contribution is -0.118. The van der Waals surface area contributed by atoms with Gasteiger partial charge in [-0.15, -0.1) is 10.2 Å². The van der Waals surface area contributed by atoms with Crippen molar-refractivity contribution in [3.63, 3.8) is 0 Å². The van der Waals surface area contributed by atoms with Crippen molar-refractivity contribution in [2.45, 2.75) is 12.1 Å². The van der Waals surface area contributed by atoms with E-state index in [0.29, 0.717) is 5.16 Å². The first-order valence-electron chi connectivity index (χ1n) is 9.78. The number of hydrogen-bond acceptors (Lipinski definition) is 5. The quantitative estimate of drug-likeness (QED) is 0.268. The number of hydrazone groups is 1. The lowest BCUT2D eigenvalue weighted by Crippen LogP contribution is -2.20. The number of carbonyl (C=O) groups excluding carboxylic acids is 1. The second-order valence-electron chi connectivity index (χ2n) is 6.84. The minimum atomic E-state index is -0.210. The molecule has 0 bridgehead atoms. The van der Waals surface area contributed by atoms with Gasteiger partial charge in [0.05, 0.1) is 12.0 Å². The van der Waals surface area contributed by atoms with Gasteiger partial charge in [-0.1, -0.05) is 90.1 Å². The van der Waals surface area contributed by atoms with E-state index in [2.05, 4.69) is 20.7 Å². The molecule has 0 unspecified atom stereocenters. The van der Waals surface area contributed by atoms with Crippen molar-refractivity contribution in [1.29, 1.82) is 0 Å². The molecule has 0 saturated heterocycles. The monoisotopic (exact) mass is 427 g/mol. The molecule has 4 rings (SSSR count). The van der Waals surface area contributed by atoms with E-state index in [9.17, 15) is 4.79 Å². The maximum absolute atomic E-state index is 12.3. The maximum Gasteiger partial charge on any atom is 0.250 e. The Morgan fingerprint density at radius 3 is 2.48 bits per heavy atom. The summed E-state index contributed by atoms with van der Waals surface area (Å²) in [5, 5.41) is 13.4. The standard InChI is InChI=1S/C24H21N5OS/c1-18-9-8-10-19(15-18)16-25-26-22(30)17-31-24-28-27-23(20-11-4-2-5-12-20)29(24)21-13-6-3-7-14-21/h2-16H,17H2,1H3,(H,26,30). The summed E-state index contributed by atoms with van der Waals surface area (Å²) in [7, 11) is 0. The van der Waals surface area contributed by atoms with Crippen molar-refractivity contribution in [2.24, 2.45) is 5.10 Å². The summed E-state index contributed by atoms with van der Waals surface area (Å²) in [4.78, 5) is 12.3. The van der Waals surface area contributed by atoms with Crippen LogP contribution < -0.4 is 5.43 Å². The molecule has 0 spiro atoms. The Morgan fingerprint density at radius 2 is 1.74 bits per heavy atom.